The van der Waals surface area contributed by atoms with Crippen LogP contribution in [0.3, 0.4) is 0 Å². The van der Waals surface area contributed by atoms with E-state index in [1.165, 1.54) is 12.1 Å². The van der Waals surface area contributed by atoms with Gasteiger partial charge in [0.25, 0.3) is 4.51 Å². The van der Waals surface area contributed by atoms with E-state index in [1.807, 2.05) is 0 Å². The van der Waals surface area contributed by atoms with Crippen molar-refractivity contribution in [2.24, 2.45) is 0 Å². The number of thiocarbonyl (C=S) groups is 1. The van der Waals surface area contributed by atoms with E-state index in [2.05, 4.69) is 17.0 Å². The summed E-state index contributed by atoms with van der Waals surface area (Å²) in [6.45, 7) is 0. The van der Waals surface area contributed by atoms with Gasteiger partial charge in [0.2, 0.25) is 5.82 Å². The first-order valence-corrected chi connectivity index (χ1v) is 3.71. The highest BCUT2D eigenvalue weighted by Gasteiger charge is 2.09. The maximum atomic E-state index is 12.7. The molecule has 0 N–H and O–H groups in total. The van der Waals surface area contributed by atoms with Crippen LogP contribution in [0.2, 0.25) is 0 Å². The van der Waals surface area contributed by atoms with Crippen molar-refractivity contribution in [3.8, 4) is 5.75 Å². The van der Waals surface area contributed by atoms with Crippen molar-refractivity contribution in [2.75, 3.05) is 0 Å². The third-order valence-corrected chi connectivity index (χ3v) is 1.27. The van der Waals surface area contributed by atoms with Gasteiger partial charge < -0.3 is 4.74 Å². The molecule has 0 saturated heterocycles. The lowest BCUT2D eigenvalue weighted by Crippen LogP contribution is -1.99. The van der Waals surface area contributed by atoms with Crippen molar-refractivity contribution in [1.82, 2.24) is 0 Å². The van der Waals surface area contributed by atoms with Gasteiger partial charge in [-0.25, -0.2) is 4.39 Å². The maximum absolute atomic E-state index is 12.7. The molecule has 12 heavy (non-hydrogen) atoms. The van der Waals surface area contributed by atoms with Gasteiger partial charge in [0, 0.05) is 0 Å². The Kier molecular flexibility index (Phi) is 2.94. The van der Waals surface area contributed by atoms with Gasteiger partial charge in [-0.1, -0.05) is 6.07 Å². The van der Waals surface area contributed by atoms with E-state index in [1.54, 1.807) is 0 Å². The van der Waals surface area contributed by atoms with Crippen LogP contribution < -0.4 is 4.74 Å². The molecule has 5 heteroatoms. The van der Waals surface area contributed by atoms with Crippen LogP contribution in [-0.4, -0.2) is 4.51 Å². The number of hydrogen-bond acceptors (Lipinski definition) is 2. The first kappa shape index (κ1) is 9.35. The fourth-order valence-corrected chi connectivity index (χ4v) is 0.822. The van der Waals surface area contributed by atoms with Crippen molar-refractivity contribution < 1.29 is 13.5 Å². The average Bonchev–Trinajstić information content (AvgIpc) is 1.98. The minimum atomic E-state index is -1.10. The van der Waals surface area contributed by atoms with Crippen LogP contribution in [-0.2, 0) is 0 Å². The van der Waals surface area contributed by atoms with Crippen molar-refractivity contribution >= 4 is 28.3 Å². The molecule has 0 amide bonds. The number of rotatable bonds is 1. The number of halogens is 3. The molecule has 0 aliphatic carbocycles. The summed E-state index contributed by atoms with van der Waals surface area (Å²) >= 11 is 9.49. The molecule has 0 bridgehead atoms. The van der Waals surface area contributed by atoms with Crippen LogP contribution in [0.25, 0.3) is 0 Å². The number of ether oxygens (including phenoxy) is 1. The van der Waals surface area contributed by atoms with Gasteiger partial charge in [-0.2, -0.15) is 4.39 Å². The predicted octanol–water partition coefficient (Wildman–Crippen LogP) is 2.87. The number of benzene rings is 1. The first-order valence-electron chi connectivity index (χ1n) is 2.92. The summed E-state index contributed by atoms with van der Waals surface area (Å²) in [7, 11) is 0. The maximum Gasteiger partial charge on any atom is 0.261 e. The second kappa shape index (κ2) is 3.78. The normalized spacial score (nSPS) is 9.58. The van der Waals surface area contributed by atoms with Crippen LogP contribution in [0, 0.1) is 11.6 Å². The number of hydrogen-bond donors (Lipinski definition) is 0. The lowest BCUT2D eigenvalue weighted by molar-refractivity contribution is 0.455. The zero-order valence-electron chi connectivity index (χ0n) is 5.68. The molecule has 0 saturated carbocycles. The molecule has 0 aliphatic rings. The Balaban J connectivity index is 3.00. The van der Waals surface area contributed by atoms with Gasteiger partial charge in [0.15, 0.2) is 11.6 Å². The van der Waals surface area contributed by atoms with Crippen LogP contribution in [0.15, 0.2) is 18.2 Å². The highest BCUT2D eigenvalue weighted by atomic mass is 35.5. The lowest BCUT2D eigenvalue weighted by atomic mass is 10.3. The van der Waals surface area contributed by atoms with Crippen molar-refractivity contribution in [3.05, 3.63) is 29.8 Å². The topological polar surface area (TPSA) is 9.23 Å². The highest BCUT2D eigenvalue weighted by Crippen LogP contribution is 2.19. The Hall–Kier alpha value is -0.740. The lowest BCUT2D eigenvalue weighted by Gasteiger charge is -2.02. The molecule has 0 spiro atoms. The fraction of sp³-hybridized carbons (Fsp3) is 0. The Morgan fingerprint density at radius 2 is 2.08 bits per heavy atom. The molecule has 1 aromatic carbocycles. The molecule has 0 heterocycles. The molecule has 0 radical (unpaired) electrons. The largest absolute Gasteiger partial charge is 0.433 e. The van der Waals surface area contributed by atoms with E-state index < -0.39 is 11.6 Å². The Morgan fingerprint density at radius 1 is 1.42 bits per heavy atom. The molecular formula is C7H3ClF2OS. The second-order valence-corrected chi connectivity index (χ2v) is 2.83. The standard InChI is InChI=1S/C7H3ClF2OS/c8-7(12)11-5-3-1-2-4(9)6(5)10/h1-3H. The third kappa shape index (κ3) is 2.12. The van der Waals surface area contributed by atoms with Crippen molar-refractivity contribution in [2.45, 2.75) is 0 Å². The fourth-order valence-electron chi connectivity index (χ4n) is 0.649. The molecule has 1 nitrogen and oxygen atoms in total. The Morgan fingerprint density at radius 3 is 2.67 bits per heavy atom. The van der Waals surface area contributed by atoms with Crippen molar-refractivity contribution in [3.63, 3.8) is 0 Å². The van der Waals surface area contributed by atoms with Gasteiger partial charge in [-0.3, -0.25) is 0 Å². The molecule has 0 unspecified atom stereocenters. The average molecular weight is 209 g/mol. The Labute approximate surface area is 77.9 Å². The van der Waals surface area contributed by atoms with E-state index in [0.29, 0.717) is 0 Å². The van der Waals surface area contributed by atoms with Gasteiger partial charge in [-0.05, 0) is 36.0 Å². The molecule has 1 aromatic rings. The zero-order chi connectivity index (χ0) is 9.14. The van der Waals surface area contributed by atoms with E-state index in [0.717, 1.165) is 6.07 Å². The molecular weight excluding hydrogens is 206 g/mol. The smallest absolute Gasteiger partial charge is 0.261 e. The summed E-state index contributed by atoms with van der Waals surface area (Å²) < 4.78 is 29.4. The second-order valence-electron chi connectivity index (χ2n) is 1.89. The van der Waals surface area contributed by atoms with Crippen LogP contribution >= 0.6 is 23.8 Å². The summed E-state index contributed by atoms with van der Waals surface area (Å²) in [5.74, 6) is -2.41. The summed E-state index contributed by atoms with van der Waals surface area (Å²) in [4.78, 5) is 0. The zero-order valence-corrected chi connectivity index (χ0v) is 7.25. The quantitative estimate of drug-likeness (QED) is 0.519. The summed E-state index contributed by atoms with van der Waals surface area (Å²) in [6.07, 6.45) is 0. The van der Waals surface area contributed by atoms with Gasteiger partial charge in [0.1, 0.15) is 0 Å². The monoisotopic (exact) mass is 208 g/mol. The van der Waals surface area contributed by atoms with E-state index >= 15 is 0 Å². The van der Waals surface area contributed by atoms with E-state index in [-0.39, 0.29) is 10.3 Å². The summed E-state index contributed by atoms with van der Waals surface area (Å²) in [6, 6.07) is 3.50. The Bertz CT molecular complexity index is 316. The first-order chi connectivity index (χ1) is 5.61. The van der Waals surface area contributed by atoms with Gasteiger partial charge >= 0.3 is 0 Å². The minimum absolute atomic E-state index is 0.310. The minimum Gasteiger partial charge on any atom is -0.433 e. The molecule has 64 valence electrons. The SMILES string of the molecule is Fc1cccc(OC(=S)Cl)c1F. The van der Waals surface area contributed by atoms with Crippen LogP contribution in [0.5, 0.6) is 5.75 Å². The predicted molar refractivity (Wildman–Crippen MR) is 45.4 cm³/mol. The molecule has 0 aliphatic heterocycles. The molecule has 0 atom stereocenters. The van der Waals surface area contributed by atoms with E-state index in [4.69, 9.17) is 11.6 Å². The van der Waals surface area contributed by atoms with Gasteiger partial charge in [-0.15, -0.1) is 0 Å². The van der Waals surface area contributed by atoms with Crippen LogP contribution in [0.4, 0.5) is 8.78 Å². The van der Waals surface area contributed by atoms with Crippen molar-refractivity contribution in [1.29, 1.82) is 0 Å². The summed E-state index contributed by atoms with van der Waals surface area (Å²) in [5.41, 5.74) is 0. The van der Waals surface area contributed by atoms with Crippen LogP contribution in [0.1, 0.15) is 0 Å². The van der Waals surface area contributed by atoms with E-state index in [9.17, 15) is 8.78 Å². The molecule has 0 aromatic heterocycles. The van der Waals surface area contributed by atoms with Gasteiger partial charge in [0.05, 0.1) is 0 Å². The molecule has 1 rings (SSSR count). The highest BCUT2D eigenvalue weighted by molar-refractivity contribution is 7.82. The molecule has 0 fully saturated rings. The summed E-state index contributed by atoms with van der Waals surface area (Å²) in [5, 5.41) is 0. The third-order valence-electron chi connectivity index (χ3n) is 1.11.